The molecular weight excluding hydrogens is 378 g/mol. The van der Waals surface area contributed by atoms with Crippen LogP contribution in [0.1, 0.15) is 31.7 Å². The summed E-state index contributed by atoms with van der Waals surface area (Å²) in [5, 5.41) is 8.89. The van der Waals surface area contributed by atoms with Gasteiger partial charge in [0.05, 0.1) is 16.5 Å². The minimum atomic E-state index is -3.67. The van der Waals surface area contributed by atoms with Crippen molar-refractivity contribution in [3.63, 3.8) is 0 Å². The van der Waals surface area contributed by atoms with E-state index in [1.54, 1.807) is 6.07 Å². The molecule has 1 aromatic rings. The maximum absolute atomic E-state index is 12.3. The Labute approximate surface area is 140 Å². The van der Waals surface area contributed by atoms with Crippen LogP contribution in [-0.2, 0) is 10.0 Å². The summed E-state index contributed by atoms with van der Waals surface area (Å²) in [6, 6.07) is 6.03. The van der Waals surface area contributed by atoms with Gasteiger partial charge < -0.3 is 5.73 Å². The van der Waals surface area contributed by atoms with Gasteiger partial charge in [-0.3, -0.25) is 0 Å². The molecule has 0 fully saturated rings. The molecule has 0 saturated carbocycles. The highest BCUT2D eigenvalue weighted by molar-refractivity contribution is 9.10. The van der Waals surface area contributed by atoms with Crippen LogP contribution in [0.2, 0.25) is 0 Å². The summed E-state index contributed by atoms with van der Waals surface area (Å²) < 4.78 is 27.7. The molecule has 0 spiro atoms. The summed E-state index contributed by atoms with van der Waals surface area (Å²) in [6.45, 7) is 2.29. The van der Waals surface area contributed by atoms with Crippen LogP contribution in [0.25, 0.3) is 0 Å². The highest BCUT2D eigenvalue weighted by Gasteiger charge is 2.20. The Balaban J connectivity index is 0.00000400. The number of nitriles is 1. The normalized spacial score (nSPS) is 12.3. The van der Waals surface area contributed by atoms with E-state index in [0.29, 0.717) is 10.9 Å². The van der Waals surface area contributed by atoms with E-state index in [1.807, 2.05) is 13.0 Å². The van der Waals surface area contributed by atoms with Crippen LogP contribution >= 0.6 is 28.3 Å². The topological polar surface area (TPSA) is 96.0 Å². The Morgan fingerprint density at radius 2 is 2.10 bits per heavy atom. The molecule has 8 heteroatoms. The molecule has 1 unspecified atom stereocenters. The first-order valence-electron chi connectivity index (χ1n) is 6.36. The Hall–Kier alpha value is -0.650. The average molecular weight is 397 g/mol. The van der Waals surface area contributed by atoms with Crippen LogP contribution in [0.3, 0.4) is 0 Å². The molecule has 0 bridgehead atoms. The summed E-state index contributed by atoms with van der Waals surface area (Å²) >= 11 is 3.20. The van der Waals surface area contributed by atoms with Crippen LogP contribution in [0.4, 0.5) is 0 Å². The third-order valence-corrected chi connectivity index (χ3v) is 4.78. The fourth-order valence-corrected chi connectivity index (χ4v) is 3.74. The second-order valence-corrected chi connectivity index (χ2v) is 7.11. The quantitative estimate of drug-likeness (QED) is 0.740. The first-order valence-corrected chi connectivity index (χ1v) is 8.63. The first kappa shape index (κ1) is 20.3. The van der Waals surface area contributed by atoms with Crippen LogP contribution in [-0.4, -0.2) is 21.0 Å². The monoisotopic (exact) mass is 395 g/mol. The number of hydrogen-bond donors (Lipinski definition) is 2. The van der Waals surface area contributed by atoms with Crippen molar-refractivity contribution < 1.29 is 8.42 Å². The van der Waals surface area contributed by atoms with Crippen LogP contribution < -0.4 is 10.5 Å². The van der Waals surface area contributed by atoms with Crippen molar-refractivity contribution in [2.45, 2.75) is 37.1 Å². The predicted octanol–water partition coefficient (Wildman–Crippen LogP) is 2.54. The molecule has 21 heavy (non-hydrogen) atoms. The second kappa shape index (κ2) is 9.38. The van der Waals surface area contributed by atoms with Gasteiger partial charge in [0.25, 0.3) is 0 Å². The fraction of sp³-hybridized carbons (Fsp3) is 0.462. The van der Waals surface area contributed by atoms with Crippen molar-refractivity contribution >= 4 is 38.4 Å². The number of hydrogen-bond acceptors (Lipinski definition) is 4. The molecule has 5 nitrogen and oxygen atoms in total. The molecule has 0 heterocycles. The van der Waals surface area contributed by atoms with Gasteiger partial charge in [0.2, 0.25) is 10.0 Å². The van der Waals surface area contributed by atoms with Gasteiger partial charge in [0.15, 0.2) is 0 Å². The standard InChI is InChI=1S/C13H18BrN3O2S.ClH/c1-2-3-4-12(9-16)17-20(18,19)13-6-10(8-15)5-11(14)7-13;/h5-7,12,17H,2-4,9,16H2,1H3;1H. The highest BCUT2D eigenvalue weighted by atomic mass is 79.9. The number of nitrogens with one attached hydrogen (secondary N) is 1. The molecule has 0 radical (unpaired) electrons. The Morgan fingerprint density at radius 3 is 2.62 bits per heavy atom. The number of halogens is 2. The zero-order chi connectivity index (χ0) is 15.2. The predicted molar refractivity (Wildman–Crippen MR) is 88.8 cm³/mol. The van der Waals surface area contributed by atoms with Gasteiger partial charge in [-0.2, -0.15) is 5.26 Å². The summed E-state index contributed by atoms with van der Waals surface area (Å²) in [7, 11) is -3.67. The molecule has 0 aliphatic carbocycles. The SMILES string of the molecule is CCCCC(CN)NS(=O)(=O)c1cc(Br)cc(C#N)c1.Cl. The molecule has 3 N–H and O–H groups in total. The molecule has 0 saturated heterocycles. The lowest BCUT2D eigenvalue weighted by Crippen LogP contribution is -2.40. The number of sulfonamides is 1. The van der Waals surface area contributed by atoms with Gasteiger partial charge >= 0.3 is 0 Å². The molecule has 0 aromatic heterocycles. The molecular formula is C13H19BrClN3O2S. The zero-order valence-electron chi connectivity index (χ0n) is 11.7. The van der Waals surface area contributed by atoms with Gasteiger partial charge in [-0.1, -0.05) is 35.7 Å². The maximum atomic E-state index is 12.3. The third kappa shape index (κ3) is 6.32. The number of unbranched alkanes of at least 4 members (excludes halogenated alkanes) is 1. The largest absolute Gasteiger partial charge is 0.329 e. The van der Waals surface area contributed by atoms with E-state index in [2.05, 4.69) is 20.7 Å². The lowest BCUT2D eigenvalue weighted by Gasteiger charge is -2.16. The van der Waals surface area contributed by atoms with Gasteiger partial charge in [0.1, 0.15) is 0 Å². The van der Waals surface area contributed by atoms with Gasteiger partial charge in [-0.05, 0) is 24.6 Å². The molecule has 0 amide bonds. The minimum Gasteiger partial charge on any atom is -0.329 e. The number of nitrogens with zero attached hydrogens (tertiary/aromatic N) is 1. The number of rotatable bonds is 7. The summed E-state index contributed by atoms with van der Waals surface area (Å²) in [5.74, 6) is 0. The van der Waals surface area contributed by atoms with Gasteiger partial charge in [-0.25, -0.2) is 13.1 Å². The van der Waals surface area contributed by atoms with E-state index in [9.17, 15) is 8.42 Å². The molecule has 0 aliphatic heterocycles. The second-order valence-electron chi connectivity index (χ2n) is 4.48. The summed E-state index contributed by atoms with van der Waals surface area (Å²) in [5.41, 5.74) is 5.89. The molecule has 1 rings (SSSR count). The van der Waals surface area contributed by atoms with Crippen molar-refractivity contribution in [1.29, 1.82) is 5.26 Å². The first-order chi connectivity index (χ1) is 9.42. The molecule has 118 valence electrons. The fourth-order valence-electron chi connectivity index (χ4n) is 1.75. The van der Waals surface area contributed by atoms with Crippen molar-refractivity contribution in [2.75, 3.05) is 6.54 Å². The van der Waals surface area contributed by atoms with Gasteiger partial charge in [-0.15, -0.1) is 12.4 Å². The van der Waals surface area contributed by atoms with E-state index in [1.165, 1.54) is 12.1 Å². The van der Waals surface area contributed by atoms with Crippen molar-refractivity contribution in [1.82, 2.24) is 4.72 Å². The molecule has 1 atom stereocenters. The van der Waals surface area contributed by atoms with Crippen molar-refractivity contribution in [3.8, 4) is 6.07 Å². The Morgan fingerprint density at radius 1 is 1.43 bits per heavy atom. The Bertz CT molecular complexity index is 602. The van der Waals surface area contributed by atoms with E-state index >= 15 is 0 Å². The van der Waals surface area contributed by atoms with E-state index in [0.717, 1.165) is 12.8 Å². The number of benzene rings is 1. The summed E-state index contributed by atoms with van der Waals surface area (Å²) in [4.78, 5) is 0.0679. The smallest absolute Gasteiger partial charge is 0.240 e. The lowest BCUT2D eigenvalue weighted by molar-refractivity contribution is 0.516. The van der Waals surface area contributed by atoms with E-state index in [-0.39, 0.29) is 35.5 Å². The van der Waals surface area contributed by atoms with Gasteiger partial charge in [0, 0.05) is 17.1 Å². The minimum absolute atomic E-state index is 0. The van der Waals surface area contributed by atoms with Crippen LogP contribution in [0, 0.1) is 11.3 Å². The molecule has 0 aliphatic rings. The van der Waals surface area contributed by atoms with Crippen LogP contribution in [0.15, 0.2) is 27.6 Å². The summed E-state index contributed by atoms with van der Waals surface area (Å²) in [6.07, 6.45) is 2.59. The highest BCUT2D eigenvalue weighted by Crippen LogP contribution is 2.19. The molecule has 1 aromatic carbocycles. The number of nitrogens with two attached hydrogens (primary N) is 1. The van der Waals surface area contributed by atoms with Crippen LogP contribution in [0.5, 0.6) is 0 Å². The van der Waals surface area contributed by atoms with E-state index in [4.69, 9.17) is 11.0 Å². The van der Waals surface area contributed by atoms with E-state index < -0.39 is 10.0 Å². The van der Waals surface area contributed by atoms with Crippen molar-refractivity contribution in [2.24, 2.45) is 5.73 Å². The Kier molecular flexibility index (Phi) is 9.09. The zero-order valence-corrected chi connectivity index (χ0v) is 14.9. The maximum Gasteiger partial charge on any atom is 0.240 e. The lowest BCUT2D eigenvalue weighted by atomic mass is 10.1. The third-order valence-electron chi connectivity index (χ3n) is 2.82. The van der Waals surface area contributed by atoms with Crippen molar-refractivity contribution in [3.05, 3.63) is 28.2 Å². The average Bonchev–Trinajstić information content (AvgIpc) is 2.42.